The van der Waals surface area contributed by atoms with Gasteiger partial charge in [-0.1, -0.05) is 42.5 Å². The van der Waals surface area contributed by atoms with Gasteiger partial charge in [-0.3, -0.25) is 4.90 Å². The molecule has 1 aromatic rings. The molecule has 1 aliphatic heterocycles. The number of nitrogens with zero attached hydrogens (tertiary/aromatic N) is 2. The maximum atomic E-state index is 2.48. The van der Waals surface area contributed by atoms with Crippen LogP contribution >= 0.6 is 0 Å². The summed E-state index contributed by atoms with van der Waals surface area (Å²) in [6, 6.07) is 11.3. The second-order valence-electron chi connectivity index (χ2n) is 5.29. The van der Waals surface area contributed by atoms with Crippen LogP contribution in [0.5, 0.6) is 0 Å². The van der Waals surface area contributed by atoms with Crippen LogP contribution in [0.3, 0.4) is 0 Å². The fraction of sp³-hybridized carbons (Fsp3) is 0.500. The van der Waals surface area contributed by atoms with Crippen LogP contribution in [0.25, 0.3) is 6.08 Å². The fourth-order valence-electron chi connectivity index (χ4n) is 2.50. The Morgan fingerprint density at radius 1 is 1.22 bits per heavy atom. The van der Waals surface area contributed by atoms with Gasteiger partial charge in [-0.2, -0.15) is 0 Å². The van der Waals surface area contributed by atoms with Crippen molar-refractivity contribution < 1.29 is 0 Å². The molecule has 0 saturated carbocycles. The maximum Gasteiger partial charge on any atom is 0.0166 e. The van der Waals surface area contributed by atoms with E-state index in [4.69, 9.17) is 0 Å². The normalized spacial score (nSPS) is 18.8. The molecule has 0 bridgehead atoms. The molecule has 18 heavy (non-hydrogen) atoms. The van der Waals surface area contributed by atoms with Gasteiger partial charge in [0, 0.05) is 12.6 Å². The molecule has 0 atom stereocenters. The monoisotopic (exact) mass is 244 g/mol. The van der Waals surface area contributed by atoms with Gasteiger partial charge in [-0.05, 0) is 45.6 Å². The number of hydrogen-bond donors (Lipinski definition) is 0. The van der Waals surface area contributed by atoms with Crippen molar-refractivity contribution in [1.82, 2.24) is 9.80 Å². The smallest absolute Gasteiger partial charge is 0.0166 e. The Balaban J connectivity index is 1.78. The molecule has 2 heteroatoms. The van der Waals surface area contributed by atoms with Gasteiger partial charge in [0.25, 0.3) is 0 Å². The van der Waals surface area contributed by atoms with Crippen LogP contribution in [0.2, 0.25) is 0 Å². The summed E-state index contributed by atoms with van der Waals surface area (Å²) in [5.41, 5.74) is 1.29. The highest BCUT2D eigenvalue weighted by atomic mass is 15.2. The molecule has 98 valence electrons. The first-order chi connectivity index (χ1) is 8.75. The molecule has 0 aliphatic carbocycles. The molecule has 0 spiro atoms. The van der Waals surface area contributed by atoms with Crippen molar-refractivity contribution in [2.24, 2.45) is 0 Å². The van der Waals surface area contributed by atoms with Crippen molar-refractivity contribution >= 4 is 6.08 Å². The summed E-state index contributed by atoms with van der Waals surface area (Å²) in [5, 5.41) is 0. The largest absolute Gasteiger partial charge is 0.306 e. The third-order valence-electron chi connectivity index (χ3n) is 3.81. The molecule has 1 heterocycles. The van der Waals surface area contributed by atoms with E-state index in [1.165, 1.54) is 31.5 Å². The molecule has 0 radical (unpaired) electrons. The lowest BCUT2D eigenvalue weighted by Crippen LogP contribution is -2.41. The average molecular weight is 244 g/mol. The van der Waals surface area contributed by atoms with Gasteiger partial charge in [0.1, 0.15) is 0 Å². The lowest BCUT2D eigenvalue weighted by atomic mass is 10.0. The first-order valence-corrected chi connectivity index (χ1v) is 6.86. The second-order valence-corrected chi connectivity index (χ2v) is 5.29. The average Bonchev–Trinajstić information content (AvgIpc) is 2.40. The Morgan fingerprint density at radius 2 is 1.89 bits per heavy atom. The molecule has 1 aliphatic rings. The zero-order valence-electron chi connectivity index (χ0n) is 11.5. The highest BCUT2D eigenvalue weighted by molar-refractivity contribution is 5.48. The molecule has 2 nitrogen and oxygen atoms in total. The van der Waals surface area contributed by atoms with Gasteiger partial charge in [-0.25, -0.2) is 0 Å². The molecular weight excluding hydrogens is 220 g/mol. The molecule has 0 aromatic heterocycles. The van der Waals surface area contributed by atoms with Crippen LogP contribution in [0, 0.1) is 0 Å². The van der Waals surface area contributed by atoms with Crippen molar-refractivity contribution in [2.45, 2.75) is 18.9 Å². The maximum absolute atomic E-state index is 2.48. The highest BCUT2D eigenvalue weighted by Crippen LogP contribution is 2.14. The van der Waals surface area contributed by atoms with E-state index >= 15 is 0 Å². The molecule has 1 aromatic carbocycles. The topological polar surface area (TPSA) is 6.48 Å². The van der Waals surface area contributed by atoms with Crippen LogP contribution in [0.1, 0.15) is 18.4 Å². The van der Waals surface area contributed by atoms with E-state index < -0.39 is 0 Å². The predicted molar refractivity (Wildman–Crippen MR) is 78.6 cm³/mol. The Bertz CT molecular complexity index is 364. The molecule has 0 unspecified atom stereocenters. The molecule has 1 fully saturated rings. The van der Waals surface area contributed by atoms with Crippen LogP contribution in [-0.2, 0) is 0 Å². The van der Waals surface area contributed by atoms with Gasteiger partial charge in [-0.15, -0.1) is 0 Å². The van der Waals surface area contributed by atoms with Crippen molar-refractivity contribution in [3.8, 4) is 0 Å². The minimum Gasteiger partial charge on any atom is -0.306 e. The zero-order chi connectivity index (χ0) is 12.8. The van der Waals surface area contributed by atoms with E-state index in [2.05, 4.69) is 66.4 Å². The predicted octanol–water partition coefficient (Wildman–Crippen LogP) is 2.73. The summed E-state index contributed by atoms with van der Waals surface area (Å²) < 4.78 is 0. The van der Waals surface area contributed by atoms with Crippen LogP contribution < -0.4 is 0 Å². The van der Waals surface area contributed by atoms with Crippen molar-refractivity contribution in [3.05, 3.63) is 42.0 Å². The zero-order valence-corrected chi connectivity index (χ0v) is 11.5. The van der Waals surface area contributed by atoms with Gasteiger partial charge in [0.15, 0.2) is 0 Å². The lowest BCUT2D eigenvalue weighted by molar-refractivity contribution is 0.155. The van der Waals surface area contributed by atoms with Crippen LogP contribution in [0.15, 0.2) is 36.4 Å². The van der Waals surface area contributed by atoms with Gasteiger partial charge in [0.2, 0.25) is 0 Å². The minimum absolute atomic E-state index is 0.752. The number of likely N-dealkylation sites (N-methyl/N-ethyl adjacent to an activating group) is 1. The Kier molecular flexibility index (Phi) is 4.97. The number of benzene rings is 1. The first-order valence-electron chi connectivity index (χ1n) is 6.86. The van der Waals surface area contributed by atoms with Crippen molar-refractivity contribution in [3.63, 3.8) is 0 Å². The molecule has 1 saturated heterocycles. The summed E-state index contributed by atoms with van der Waals surface area (Å²) in [6.07, 6.45) is 7.08. The standard InChI is InChI=1S/C16H24N2/c1-17-13-10-16(11-14-17)18(2)12-6-9-15-7-4-3-5-8-15/h3-9,16H,10-14H2,1-2H3. The lowest BCUT2D eigenvalue weighted by Gasteiger charge is -2.34. The number of rotatable bonds is 4. The van der Waals surface area contributed by atoms with E-state index in [0.29, 0.717) is 0 Å². The summed E-state index contributed by atoms with van der Waals surface area (Å²) in [7, 11) is 4.46. The van der Waals surface area contributed by atoms with Crippen LogP contribution in [-0.4, -0.2) is 49.6 Å². The number of likely N-dealkylation sites (tertiary alicyclic amines) is 1. The Labute approximate surface area is 111 Å². The third-order valence-corrected chi connectivity index (χ3v) is 3.81. The Hall–Kier alpha value is -1.12. The summed E-state index contributed by atoms with van der Waals surface area (Å²) in [4.78, 5) is 4.90. The van der Waals surface area contributed by atoms with Gasteiger partial charge < -0.3 is 4.90 Å². The van der Waals surface area contributed by atoms with E-state index in [1.54, 1.807) is 0 Å². The quantitative estimate of drug-likeness (QED) is 0.803. The Morgan fingerprint density at radius 3 is 2.56 bits per heavy atom. The van der Waals surface area contributed by atoms with E-state index in [-0.39, 0.29) is 0 Å². The summed E-state index contributed by atoms with van der Waals surface area (Å²) >= 11 is 0. The minimum atomic E-state index is 0.752. The van der Waals surface area contributed by atoms with Crippen LogP contribution in [0.4, 0.5) is 0 Å². The van der Waals surface area contributed by atoms with Gasteiger partial charge >= 0.3 is 0 Å². The summed E-state index contributed by atoms with van der Waals surface area (Å²) in [5.74, 6) is 0. The second kappa shape index (κ2) is 6.72. The fourth-order valence-corrected chi connectivity index (χ4v) is 2.50. The molecule has 2 rings (SSSR count). The molecule has 0 amide bonds. The molecular formula is C16H24N2. The van der Waals surface area contributed by atoms with Crippen molar-refractivity contribution in [1.29, 1.82) is 0 Å². The van der Waals surface area contributed by atoms with E-state index in [1.807, 2.05) is 0 Å². The SMILES string of the molecule is CN1CCC(N(C)CC=Cc2ccccc2)CC1. The molecule has 0 N–H and O–H groups in total. The van der Waals surface area contributed by atoms with E-state index in [0.717, 1.165) is 12.6 Å². The van der Waals surface area contributed by atoms with Crippen molar-refractivity contribution in [2.75, 3.05) is 33.7 Å². The number of hydrogen-bond acceptors (Lipinski definition) is 2. The van der Waals surface area contributed by atoms with Gasteiger partial charge in [0.05, 0.1) is 0 Å². The van der Waals surface area contributed by atoms with E-state index in [9.17, 15) is 0 Å². The summed E-state index contributed by atoms with van der Waals surface area (Å²) in [6.45, 7) is 3.51. The number of piperidine rings is 1. The highest BCUT2D eigenvalue weighted by Gasteiger charge is 2.19. The first kappa shape index (κ1) is 13.3. The third kappa shape index (κ3) is 3.97.